The summed E-state index contributed by atoms with van der Waals surface area (Å²) in [4.78, 5) is 1.35. The molecule has 0 radical (unpaired) electrons. The summed E-state index contributed by atoms with van der Waals surface area (Å²) in [6.07, 6.45) is 2.81. The molecule has 0 amide bonds. The van der Waals surface area contributed by atoms with E-state index in [2.05, 4.69) is 52.6 Å². The van der Waals surface area contributed by atoms with Crippen molar-refractivity contribution in [2.24, 2.45) is 5.92 Å². The van der Waals surface area contributed by atoms with Gasteiger partial charge in [-0.15, -0.1) is 11.8 Å². The molecule has 1 aromatic rings. The lowest BCUT2D eigenvalue weighted by Crippen LogP contribution is -2.29. The van der Waals surface area contributed by atoms with Crippen LogP contribution in [0.2, 0.25) is 0 Å². The van der Waals surface area contributed by atoms with Gasteiger partial charge in [0.1, 0.15) is 0 Å². The first-order valence-corrected chi connectivity index (χ1v) is 7.13. The summed E-state index contributed by atoms with van der Waals surface area (Å²) in [7, 11) is 2.07. The molecule has 1 fully saturated rings. The second-order valence-corrected chi connectivity index (χ2v) is 5.89. The van der Waals surface area contributed by atoms with E-state index in [1.54, 1.807) is 0 Å². The van der Waals surface area contributed by atoms with Crippen LogP contribution in [-0.2, 0) is 0 Å². The Balaban J connectivity index is 1.89. The van der Waals surface area contributed by atoms with E-state index in [1.165, 1.54) is 28.0 Å². The Bertz CT molecular complexity index is 325. The summed E-state index contributed by atoms with van der Waals surface area (Å²) >= 11 is 5.52. The predicted molar refractivity (Wildman–Crippen MR) is 70.4 cm³/mol. The van der Waals surface area contributed by atoms with Gasteiger partial charge in [-0.1, -0.05) is 12.1 Å². The van der Waals surface area contributed by atoms with Crippen molar-refractivity contribution >= 4 is 27.7 Å². The smallest absolute Gasteiger partial charge is 0.0311 e. The van der Waals surface area contributed by atoms with Crippen molar-refractivity contribution in [3.63, 3.8) is 0 Å². The Morgan fingerprint density at radius 3 is 2.80 bits per heavy atom. The molecule has 0 aliphatic heterocycles. The van der Waals surface area contributed by atoms with Crippen LogP contribution in [0, 0.1) is 5.92 Å². The number of halogens is 1. The molecule has 82 valence electrons. The number of nitrogens with one attached hydrogen (secondary N) is 1. The van der Waals surface area contributed by atoms with E-state index in [0.29, 0.717) is 6.04 Å². The molecule has 1 unspecified atom stereocenters. The third-order valence-corrected chi connectivity index (χ3v) is 4.96. The minimum absolute atomic E-state index is 0.683. The van der Waals surface area contributed by atoms with E-state index < -0.39 is 0 Å². The Morgan fingerprint density at radius 2 is 2.20 bits per heavy atom. The van der Waals surface area contributed by atoms with E-state index in [0.717, 1.165) is 5.92 Å². The number of benzene rings is 1. The van der Waals surface area contributed by atoms with Gasteiger partial charge in [-0.05, 0) is 53.9 Å². The van der Waals surface area contributed by atoms with Crippen molar-refractivity contribution in [3.8, 4) is 0 Å². The highest BCUT2D eigenvalue weighted by Gasteiger charge is 2.29. The van der Waals surface area contributed by atoms with Crippen LogP contribution in [0.25, 0.3) is 0 Å². The molecule has 1 aromatic carbocycles. The molecule has 0 saturated heterocycles. The Hall–Kier alpha value is 0.01000. The summed E-state index contributed by atoms with van der Waals surface area (Å²) < 4.78 is 1.21. The van der Waals surface area contributed by atoms with E-state index in [1.807, 2.05) is 11.8 Å². The maximum Gasteiger partial charge on any atom is 0.0311 e. The second kappa shape index (κ2) is 5.37. The van der Waals surface area contributed by atoms with Crippen molar-refractivity contribution in [1.29, 1.82) is 0 Å². The molecule has 1 aliphatic carbocycles. The zero-order valence-electron chi connectivity index (χ0n) is 8.87. The largest absolute Gasteiger partial charge is 0.316 e. The second-order valence-electron chi connectivity index (χ2n) is 3.97. The number of rotatable bonds is 5. The first-order chi connectivity index (χ1) is 7.31. The van der Waals surface area contributed by atoms with Gasteiger partial charge in [-0.25, -0.2) is 0 Å². The van der Waals surface area contributed by atoms with Crippen molar-refractivity contribution in [3.05, 3.63) is 28.7 Å². The third-order valence-electron chi connectivity index (χ3n) is 2.82. The summed E-state index contributed by atoms with van der Waals surface area (Å²) in [6, 6.07) is 9.12. The molecule has 1 atom stereocenters. The standard InChI is InChI=1S/C12H16BrNS/c1-14-11(9-6-7-9)8-15-12-5-3-2-4-10(12)13/h2-5,9,11,14H,6-8H2,1H3. The number of hydrogen-bond acceptors (Lipinski definition) is 2. The van der Waals surface area contributed by atoms with Crippen molar-refractivity contribution in [2.75, 3.05) is 12.8 Å². The minimum atomic E-state index is 0.683. The van der Waals surface area contributed by atoms with Crippen molar-refractivity contribution in [2.45, 2.75) is 23.8 Å². The van der Waals surface area contributed by atoms with Gasteiger partial charge >= 0.3 is 0 Å². The zero-order valence-corrected chi connectivity index (χ0v) is 11.3. The van der Waals surface area contributed by atoms with Crippen LogP contribution < -0.4 is 5.32 Å². The fraction of sp³-hybridized carbons (Fsp3) is 0.500. The summed E-state index contributed by atoms with van der Waals surface area (Å²) in [5.41, 5.74) is 0. The van der Waals surface area contributed by atoms with Gasteiger partial charge in [0.05, 0.1) is 0 Å². The van der Waals surface area contributed by atoms with E-state index in [-0.39, 0.29) is 0 Å². The molecular weight excluding hydrogens is 270 g/mol. The first kappa shape index (κ1) is 11.5. The number of thioether (sulfide) groups is 1. The molecule has 1 N–H and O–H groups in total. The lowest BCUT2D eigenvalue weighted by Gasteiger charge is -2.14. The normalized spacial score (nSPS) is 17.7. The van der Waals surface area contributed by atoms with Crippen LogP contribution >= 0.6 is 27.7 Å². The molecule has 1 saturated carbocycles. The van der Waals surface area contributed by atoms with Crippen molar-refractivity contribution < 1.29 is 0 Å². The molecular formula is C12H16BrNS. The summed E-state index contributed by atoms with van der Waals surface area (Å²) in [5, 5.41) is 3.42. The monoisotopic (exact) mass is 285 g/mol. The fourth-order valence-electron chi connectivity index (χ4n) is 1.70. The van der Waals surface area contributed by atoms with Crippen LogP contribution in [0.15, 0.2) is 33.6 Å². The molecule has 3 heteroatoms. The third kappa shape index (κ3) is 3.23. The van der Waals surface area contributed by atoms with Gasteiger partial charge < -0.3 is 5.32 Å². The lowest BCUT2D eigenvalue weighted by molar-refractivity contribution is 0.554. The predicted octanol–water partition coefficient (Wildman–Crippen LogP) is 3.54. The molecule has 0 bridgehead atoms. The highest BCUT2D eigenvalue weighted by Crippen LogP contribution is 2.36. The average molecular weight is 286 g/mol. The van der Waals surface area contributed by atoms with Crippen molar-refractivity contribution in [1.82, 2.24) is 5.32 Å². The highest BCUT2D eigenvalue weighted by atomic mass is 79.9. The van der Waals surface area contributed by atoms with Gasteiger partial charge in [0.2, 0.25) is 0 Å². The molecule has 15 heavy (non-hydrogen) atoms. The quantitative estimate of drug-likeness (QED) is 0.831. The zero-order chi connectivity index (χ0) is 10.7. The maximum absolute atomic E-state index is 3.58. The number of hydrogen-bond donors (Lipinski definition) is 1. The lowest BCUT2D eigenvalue weighted by atomic mass is 10.2. The Morgan fingerprint density at radius 1 is 1.47 bits per heavy atom. The molecule has 0 aromatic heterocycles. The first-order valence-electron chi connectivity index (χ1n) is 5.36. The van der Waals surface area contributed by atoms with Gasteiger partial charge in [0.25, 0.3) is 0 Å². The van der Waals surface area contributed by atoms with E-state index >= 15 is 0 Å². The van der Waals surface area contributed by atoms with Crippen LogP contribution in [0.3, 0.4) is 0 Å². The molecule has 1 aliphatic rings. The molecule has 2 rings (SSSR count). The Kier molecular flexibility index (Phi) is 4.12. The van der Waals surface area contributed by atoms with Gasteiger partial charge in [0.15, 0.2) is 0 Å². The van der Waals surface area contributed by atoms with Crippen LogP contribution in [0.5, 0.6) is 0 Å². The van der Waals surface area contributed by atoms with E-state index in [9.17, 15) is 0 Å². The minimum Gasteiger partial charge on any atom is -0.316 e. The van der Waals surface area contributed by atoms with Gasteiger partial charge in [-0.2, -0.15) is 0 Å². The fourth-order valence-corrected chi connectivity index (χ4v) is 3.50. The Labute approximate surface area is 104 Å². The SMILES string of the molecule is CNC(CSc1ccccc1Br)C1CC1. The van der Waals surface area contributed by atoms with Crippen LogP contribution in [-0.4, -0.2) is 18.8 Å². The summed E-state index contributed by atoms with van der Waals surface area (Å²) in [5.74, 6) is 2.09. The van der Waals surface area contributed by atoms with E-state index in [4.69, 9.17) is 0 Å². The highest BCUT2D eigenvalue weighted by molar-refractivity contribution is 9.10. The van der Waals surface area contributed by atoms with Gasteiger partial charge in [-0.3, -0.25) is 0 Å². The van der Waals surface area contributed by atoms with Crippen LogP contribution in [0.4, 0.5) is 0 Å². The molecule has 0 spiro atoms. The summed E-state index contributed by atoms with van der Waals surface area (Å²) in [6.45, 7) is 0. The molecule has 1 nitrogen and oxygen atoms in total. The van der Waals surface area contributed by atoms with Crippen LogP contribution in [0.1, 0.15) is 12.8 Å². The maximum atomic E-state index is 3.58. The molecule has 0 heterocycles. The topological polar surface area (TPSA) is 12.0 Å². The average Bonchev–Trinajstić information content (AvgIpc) is 3.06. The van der Waals surface area contributed by atoms with Gasteiger partial charge in [0, 0.05) is 21.2 Å².